The van der Waals surface area contributed by atoms with Crippen molar-refractivity contribution in [3.8, 4) is 11.5 Å². The molecule has 8 heteroatoms. The zero-order valence-corrected chi connectivity index (χ0v) is 16.9. The molecule has 0 bridgehead atoms. The molecule has 3 aromatic rings. The lowest BCUT2D eigenvalue weighted by Gasteiger charge is -2.19. The van der Waals surface area contributed by atoms with Gasteiger partial charge in [-0.3, -0.25) is 0 Å². The quantitative estimate of drug-likeness (QED) is 0.242. The van der Waals surface area contributed by atoms with Crippen LogP contribution in [0.2, 0.25) is 0 Å². The number of furan rings is 1. The fraction of sp³-hybridized carbons (Fsp3) is 0.182. The number of rotatable bonds is 6. The molecule has 0 atom stereocenters. The third kappa shape index (κ3) is 4.29. The number of nitrogens with zero attached hydrogens (tertiary/aromatic N) is 1. The molecular formula is C22H21N2O5S+. The Morgan fingerprint density at radius 3 is 2.70 bits per heavy atom. The first-order valence-corrected chi connectivity index (χ1v) is 9.82. The summed E-state index contributed by atoms with van der Waals surface area (Å²) in [6.07, 6.45) is 5.05. The highest BCUT2D eigenvalue weighted by Gasteiger charge is 2.25. The summed E-state index contributed by atoms with van der Waals surface area (Å²) in [4.78, 5) is 0.318. The average molecular weight is 425 g/mol. The lowest BCUT2D eigenvalue weighted by Crippen LogP contribution is -2.41. The molecule has 30 heavy (non-hydrogen) atoms. The summed E-state index contributed by atoms with van der Waals surface area (Å²) >= 11 is 5.60. The van der Waals surface area contributed by atoms with E-state index in [4.69, 9.17) is 26.1 Å². The smallest absolute Gasteiger partial charge is 0.288 e. The number of ether oxygens (including phenoxy) is 2. The summed E-state index contributed by atoms with van der Waals surface area (Å²) in [5, 5.41) is 23.8. The van der Waals surface area contributed by atoms with E-state index in [0.29, 0.717) is 58.8 Å². The number of hydrogen-bond donors (Lipinski definition) is 3. The van der Waals surface area contributed by atoms with Crippen LogP contribution in [-0.4, -0.2) is 28.4 Å². The van der Waals surface area contributed by atoms with Crippen molar-refractivity contribution in [2.75, 3.05) is 13.2 Å². The molecular weight excluding hydrogens is 404 g/mol. The van der Waals surface area contributed by atoms with E-state index >= 15 is 0 Å². The number of benzene rings is 1. The maximum Gasteiger partial charge on any atom is 0.288 e. The second-order valence-corrected chi connectivity index (χ2v) is 7.00. The van der Waals surface area contributed by atoms with Gasteiger partial charge in [-0.15, -0.1) is 0 Å². The van der Waals surface area contributed by atoms with Crippen molar-refractivity contribution in [3.63, 3.8) is 0 Å². The van der Waals surface area contributed by atoms with Gasteiger partial charge >= 0.3 is 0 Å². The van der Waals surface area contributed by atoms with Gasteiger partial charge in [0, 0.05) is 17.2 Å². The Balaban J connectivity index is 1.73. The van der Waals surface area contributed by atoms with E-state index in [1.54, 1.807) is 59.6 Å². The predicted molar refractivity (Wildman–Crippen MR) is 114 cm³/mol. The van der Waals surface area contributed by atoms with Crippen molar-refractivity contribution in [3.05, 3.63) is 78.0 Å². The van der Waals surface area contributed by atoms with Gasteiger partial charge in [0.25, 0.3) is 5.70 Å². The van der Waals surface area contributed by atoms with Crippen molar-refractivity contribution in [2.24, 2.45) is 0 Å². The van der Waals surface area contributed by atoms with Crippen molar-refractivity contribution in [1.29, 1.82) is 0 Å². The molecule has 0 fully saturated rings. The molecule has 0 spiro atoms. The third-order valence-corrected chi connectivity index (χ3v) is 4.90. The lowest BCUT2D eigenvalue weighted by atomic mass is 10.1. The van der Waals surface area contributed by atoms with Gasteiger partial charge in [0.15, 0.2) is 34.6 Å². The summed E-state index contributed by atoms with van der Waals surface area (Å²) in [5.41, 5.74) is 1.57. The molecule has 1 aliphatic heterocycles. The number of aliphatic hydroxyl groups is 2. The minimum atomic E-state index is -0.133. The number of aromatic nitrogens is 1. The molecule has 1 aromatic carbocycles. The number of hydrogen-bond acceptors (Lipinski definition) is 6. The van der Waals surface area contributed by atoms with Crippen molar-refractivity contribution in [1.82, 2.24) is 5.32 Å². The van der Waals surface area contributed by atoms with Gasteiger partial charge in [-0.1, -0.05) is 12.2 Å². The van der Waals surface area contributed by atoms with Crippen LogP contribution in [-0.2, 0) is 13.2 Å². The molecule has 0 unspecified atom stereocenters. The molecule has 0 amide bonds. The third-order valence-electron chi connectivity index (χ3n) is 4.56. The Kier molecular flexibility index (Phi) is 5.97. The van der Waals surface area contributed by atoms with E-state index in [2.05, 4.69) is 5.32 Å². The van der Waals surface area contributed by atoms with Crippen molar-refractivity contribution >= 4 is 28.7 Å². The molecule has 1 aliphatic rings. The van der Waals surface area contributed by atoms with Crippen LogP contribution in [0.15, 0.2) is 65.5 Å². The fourth-order valence-corrected chi connectivity index (χ4v) is 3.37. The fourth-order valence-electron chi connectivity index (χ4n) is 3.10. The molecule has 4 rings (SSSR count). The highest BCUT2D eigenvalue weighted by atomic mass is 32.1. The maximum absolute atomic E-state index is 11.2. The van der Waals surface area contributed by atoms with E-state index in [0.717, 1.165) is 0 Å². The molecule has 3 heterocycles. The van der Waals surface area contributed by atoms with Crippen LogP contribution in [0.1, 0.15) is 16.9 Å². The summed E-state index contributed by atoms with van der Waals surface area (Å²) in [7, 11) is 0. The van der Waals surface area contributed by atoms with Crippen LogP contribution in [0.3, 0.4) is 0 Å². The first-order chi connectivity index (χ1) is 14.7. The van der Waals surface area contributed by atoms with E-state index in [9.17, 15) is 10.2 Å². The maximum atomic E-state index is 11.2. The Hall–Kier alpha value is -3.36. The summed E-state index contributed by atoms with van der Waals surface area (Å²) < 4.78 is 18.2. The van der Waals surface area contributed by atoms with Crippen molar-refractivity contribution in [2.45, 2.75) is 13.2 Å². The molecule has 3 N–H and O–H groups in total. The van der Waals surface area contributed by atoms with E-state index < -0.39 is 0 Å². The zero-order chi connectivity index (χ0) is 20.9. The number of thiocarbonyl (C=S) groups is 1. The van der Waals surface area contributed by atoms with E-state index in [1.807, 2.05) is 6.07 Å². The highest BCUT2D eigenvalue weighted by molar-refractivity contribution is 7.81. The average Bonchev–Trinajstić information content (AvgIpc) is 3.31. The van der Waals surface area contributed by atoms with Gasteiger partial charge in [-0.2, -0.15) is 4.57 Å². The lowest BCUT2D eigenvalue weighted by molar-refractivity contribution is -0.576. The van der Waals surface area contributed by atoms with Gasteiger partial charge in [0.2, 0.25) is 0 Å². The minimum Gasteiger partial charge on any atom is -0.502 e. The molecule has 0 radical (unpaired) electrons. The number of fused-ring (bicyclic) bond motifs is 1. The highest BCUT2D eigenvalue weighted by Crippen LogP contribution is 2.33. The van der Waals surface area contributed by atoms with Crippen LogP contribution in [0, 0.1) is 0 Å². The van der Waals surface area contributed by atoms with Crippen LogP contribution in [0.4, 0.5) is 0 Å². The Morgan fingerprint density at radius 2 is 1.93 bits per heavy atom. The van der Waals surface area contributed by atoms with Crippen LogP contribution in [0.5, 0.6) is 11.5 Å². The molecule has 2 aromatic heterocycles. The van der Waals surface area contributed by atoms with E-state index in [1.165, 1.54) is 0 Å². The standard InChI is InChI=1S/C22H20N2O5S/c25-14-15-3-1-7-24(13-15)20(22(30)23-12-17-4-2-8-27-17)21(26)16-5-6-18-19(11-16)29-10-9-28-18/h1-8,11,13,25H,9-10,12,14H2,(H-,23,26,30)/p+1. The summed E-state index contributed by atoms with van der Waals surface area (Å²) in [5.74, 6) is 1.87. The van der Waals surface area contributed by atoms with Crippen LogP contribution < -0.4 is 19.4 Å². The largest absolute Gasteiger partial charge is 0.502 e. The number of pyridine rings is 1. The summed E-state index contributed by atoms with van der Waals surface area (Å²) in [6.45, 7) is 1.17. The number of aliphatic hydroxyl groups excluding tert-OH is 2. The normalized spacial score (nSPS) is 13.5. The zero-order valence-electron chi connectivity index (χ0n) is 16.1. The Bertz CT molecular complexity index is 1080. The number of nitrogens with one attached hydrogen (secondary N) is 1. The van der Waals surface area contributed by atoms with Crippen molar-refractivity contribution < 1.29 is 28.7 Å². The van der Waals surface area contributed by atoms with Crippen LogP contribution in [0.25, 0.3) is 11.5 Å². The topological polar surface area (TPSA) is 88.0 Å². The van der Waals surface area contributed by atoms with Gasteiger partial charge in [-0.25, -0.2) is 0 Å². The van der Waals surface area contributed by atoms with Gasteiger partial charge in [0.1, 0.15) is 19.0 Å². The second kappa shape index (κ2) is 8.98. The minimum absolute atomic E-state index is 0.0380. The summed E-state index contributed by atoms with van der Waals surface area (Å²) in [6, 6.07) is 12.4. The van der Waals surface area contributed by atoms with Gasteiger partial charge in [0.05, 0.1) is 19.4 Å². The first kappa shape index (κ1) is 19.9. The SMILES string of the molecule is OCc1ccc[n+](/C(C(=S)NCc2ccco2)=C(/O)c2ccc3c(c2)OCCO3)c1. The second-order valence-electron chi connectivity index (χ2n) is 6.60. The monoisotopic (exact) mass is 425 g/mol. The molecule has 0 aliphatic carbocycles. The van der Waals surface area contributed by atoms with E-state index in [-0.39, 0.29) is 12.4 Å². The van der Waals surface area contributed by atoms with Gasteiger partial charge < -0.3 is 29.4 Å². The van der Waals surface area contributed by atoms with Gasteiger partial charge in [-0.05, 0) is 36.4 Å². The molecule has 154 valence electrons. The molecule has 0 saturated carbocycles. The Labute approximate surface area is 178 Å². The predicted octanol–water partition coefficient (Wildman–Crippen LogP) is 2.83. The Morgan fingerprint density at radius 1 is 1.10 bits per heavy atom. The van der Waals surface area contributed by atoms with Crippen LogP contribution >= 0.6 is 12.2 Å². The first-order valence-electron chi connectivity index (χ1n) is 9.41. The molecule has 0 saturated heterocycles. The molecule has 7 nitrogen and oxygen atoms in total.